The fourth-order valence-electron chi connectivity index (χ4n) is 2.37. The molecule has 23 heavy (non-hydrogen) atoms. The molecule has 0 aromatic carbocycles. The predicted molar refractivity (Wildman–Crippen MR) is 85.9 cm³/mol. The van der Waals surface area contributed by atoms with Crippen LogP contribution in [0.25, 0.3) is 0 Å². The summed E-state index contributed by atoms with van der Waals surface area (Å²) in [6.07, 6.45) is 0.702. The van der Waals surface area contributed by atoms with E-state index >= 15 is 0 Å². The predicted octanol–water partition coefficient (Wildman–Crippen LogP) is 0.996. The summed E-state index contributed by atoms with van der Waals surface area (Å²) in [6, 6.07) is 3.65. The normalized spacial score (nSPS) is 17.3. The Morgan fingerprint density at radius 3 is 2.78 bits per heavy atom. The van der Waals surface area contributed by atoms with Gasteiger partial charge in [-0.15, -0.1) is 15.3 Å². The van der Waals surface area contributed by atoms with Crippen LogP contribution < -0.4 is 9.64 Å². The Hall–Kier alpha value is -2.29. The molecule has 0 N–H and O–H groups in total. The maximum atomic E-state index is 12.4. The van der Waals surface area contributed by atoms with Crippen molar-refractivity contribution in [3.05, 3.63) is 22.7 Å². The summed E-state index contributed by atoms with van der Waals surface area (Å²) in [5.41, 5.74) is 0.675. The Morgan fingerprint density at radius 1 is 1.35 bits per heavy atom. The van der Waals surface area contributed by atoms with Gasteiger partial charge in [0, 0.05) is 33.1 Å². The zero-order valence-electron chi connectivity index (χ0n) is 13.3. The summed E-state index contributed by atoms with van der Waals surface area (Å²) in [5, 5.41) is 12.0. The highest BCUT2D eigenvalue weighted by Gasteiger charge is 2.30. The summed E-state index contributed by atoms with van der Waals surface area (Å²) in [4.78, 5) is 16.7. The number of amides is 1. The van der Waals surface area contributed by atoms with E-state index in [1.165, 1.54) is 0 Å². The number of anilines is 1. The molecule has 0 aliphatic carbocycles. The summed E-state index contributed by atoms with van der Waals surface area (Å²) in [7, 11) is 3.81. The van der Waals surface area contributed by atoms with E-state index in [4.69, 9.17) is 4.74 Å². The highest BCUT2D eigenvalue weighted by atomic mass is 32.1. The molecule has 1 amide bonds. The first-order chi connectivity index (χ1) is 11.0. The van der Waals surface area contributed by atoms with E-state index < -0.39 is 0 Å². The van der Waals surface area contributed by atoms with Crippen LogP contribution in [0.15, 0.2) is 12.1 Å². The largest absolute Gasteiger partial charge is 0.471 e. The number of aryl methyl sites for hydroxylation is 1. The Kier molecular flexibility index (Phi) is 4.37. The van der Waals surface area contributed by atoms with E-state index in [2.05, 4.69) is 19.8 Å². The quantitative estimate of drug-likeness (QED) is 0.824. The van der Waals surface area contributed by atoms with Gasteiger partial charge in [-0.3, -0.25) is 4.79 Å². The fraction of sp³-hybridized carbons (Fsp3) is 0.500. The minimum Gasteiger partial charge on any atom is -0.471 e. The molecular weight excluding hydrogens is 316 g/mol. The maximum absolute atomic E-state index is 12.4. The van der Waals surface area contributed by atoms with E-state index in [-0.39, 0.29) is 12.0 Å². The first kappa shape index (κ1) is 15.6. The third kappa shape index (κ3) is 3.39. The van der Waals surface area contributed by atoms with E-state index in [0.717, 1.165) is 23.8 Å². The summed E-state index contributed by atoms with van der Waals surface area (Å²) < 4.78 is 9.64. The van der Waals surface area contributed by atoms with Gasteiger partial charge in [-0.25, -0.2) is 0 Å². The van der Waals surface area contributed by atoms with Crippen molar-refractivity contribution in [3.8, 4) is 5.88 Å². The molecule has 9 heteroatoms. The molecule has 1 fully saturated rings. The average molecular weight is 334 g/mol. The number of likely N-dealkylation sites (tertiary alicyclic amines) is 1. The first-order valence-electron chi connectivity index (χ1n) is 7.30. The molecule has 0 unspecified atom stereocenters. The zero-order chi connectivity index (χ0) is 16.4. The molecule has 1 aliphatic rings. The van der Waals surface area contributed by atoms with Crippen LogP contribution in [0.5, 0.6) is 5.88 Å². The van der Waals surface area contributed by atoms with Gasteiger partial charge in [0.05, 0.1) is 12.2 Å². The van der Waals surface area contributed by atoms with E-state index in [9.17, 15) is 4.79 Å². The van der Waals surface area contributed by atoms with E-state index in [0.29, 0.717) is 29.5 Å². The molecule has 1 atom stereocenters. The molecule has 1 saturated heterocycles. The fourth-order valence-corrected chi connectivity index (χ4v) is 2.99. The lowest BCUT2D eigenvalue weighted by Gasteiger charge is -2.16. The maximum Gasteiger partial charge on any atom is 0.267 e. The Morgan fingerprint density at radius 2 is 2.17 bits per heavy atom. The standard InChI is InChI=1S/C14H18N6O2S/c1-9-13(23-18-15-9)14(21)20-7-6-10(8-20)22-12-5-4-11(16-17-12)19(2)3/h4-5,10H,6-8H2,1-3H3/t10-/m1/s1. The Labute approximate surface area is 138 Å². The second-order valence-corrected chi connectivity index (χ2v) is 6.35. The van der Waals surface area contributed by atoms with E-state index in [1.54, 1.807) is 17.9 Å². The minimum absolute atomic E-state index is 0.0300. The lowest BCUT2D eigenvalue weighted by molar-refractivity contribution is 0.0774. The van der Waals surface area contributed by atoms with Crippen LogP contribution in [-0.4, -0.2) is 63.9 Å². The van der Waals surface area contributed by atoms with Crippen molar-refractivity contribution in [1.29, 1.82) is 0 Å². The van der Waals surface area contributed by atoms with Gasteiger partial charge in [-0.1, -0.05) is 4.49 Å². The van der Waals surface area contributed by atoms with Crippen molar-refractivity contribution < 1.29 is 9.53 Å². The van der Waals surface area contributed by atoms with E-state index in [1.807, 2.05) is 25.1 Å². The Balaban J connectivity index is 1.59. The Bertz CT molecular complexity index is 687. The molecule has 0 saturated carbocycles. The number of rotatable bonds is 4. The van der Waals surface area contributed by atoms with Crippen LogP contribution in [-0.2, 0) is 0 Å². The molecule has 0 spiro atoms. The molecule has 3 rings (SSSR count). The molecule has 3 heterocycles. The van der Waals surface area contributed by atoms with Gasteiger partial charge in [-0.2, -0.15) is 0 Å². The zero-order valence-corrected chi connectivity index (χ0v) is 14.1. The summed E-state index contributed by atoms with van der Waals surface area (Å²) in [5.74, 6) is 1.22. The second kappa shape index (κ2) is 6.45. The average Bonchev–Trinajstić information content (AvgIpc) is 3.16. The molecule has 0 radical (unpaired) electrons. The number of nitrogens with zero attached hydrogens (tertiary/aromatic N) is 6. The van der Waals surface area contributed by atoms with Crippen LogP contribution in [0.4, 0.5) is 5.82 Å². The highest BCUT2D eigenvalue weighted by Crippen LogP contribution is 2.21. The summed E-state index contributed by atoms with van der Waals surface area (Å²) >= 11 is 1.13. The number of aromatic nitrogens is 4. The number of ether oxygens (including phenoxy) is 1. The number of carbonyl (C=O) groups excluding carboxylic acids is 1. The highest BCUT2D eigenvalue weighted by molar-refractivity contribution is 7.07. The summed E-state index contributed by atoms with van der Waals surface area (Å²) in [6.45, 7) is 2.99. The number of carbonyl (C=O) groups is 1. The topological polar surface area (TPSA) is 84.3 Å². The van der Waals surface area contributed by atoms with Crippen molar-refractivity contribution in [1.82, 2.24) is 24.7 Å². The van der Waals surface area contributed by atoms with Gasteiger partial charge < -0.3 is 14.5 Å². The van der Waals surface area contributed by atoms with Crippen LogP contribution >= 0.6 is 11.5 Å². The van der Waals surface area contributed by atoms with Crippen molar-refractivity contribution >= 4 is 23.3 Å². The minimum atomic E-state index is -0.0698. The first-order valence-corrected chi connectivity index (χ1v) is 8.08. The second-order valence-electron chi connectivity index (χ2n) is 5.59. The van der Waals surface area contributed by atoms with Gasteiger partial charge >= 0.3 is 0 Å². The van der Waals surface area contributed by atoms with Gasteiger partial charge in [0.2, 0.25) is 5.88 Å². The van der Waals surface area contributed by atoms with Gasteiger partial charge in [-0.05, 0) is 24.5 Å². The number of hydrogen-bond acceptors (Lipinski definition) is 8. The molecule has 8 nitrogen and oxygen atoms in total. The molecule has 2 aromatic rings. The van der Waals surface area contributed by atoms with Crippen LogP contribution in [0.2, 0.25) is 0 Å². The van der Waals surface area contributed by atoms with Crippen molar-refractivity contribution in [2.45, 2.75) is 19.4 Å². The smallest absolute Gasteiger partial charge is 0.267 e. The lowest BCUT2D eigenvalue weighted by Crippen LogP contribution is -2.31. The van der Waals surface area contributed by atoms with Gasteiger partial charge in [0.15, 0.2) is 5.82 Å². The third-order valence-electron chi connectivity index (χ3n) is 3.65. The SMILES string of the molecule is Cc1nnsc1C(=O)N1CC[C@@H](Oc2ccc(N(C)C)nn2)C1. The van der Waals surface area contributed by atoms with Crippen LogP contribution in [0, 0.1) is 6.92 Å². The molecule has 2 aromatic heterocycles. The lowest BCUT2D eigenvalue weighted by atomic mass is 10.3. The monoisotopic (exact) mass is 334 g/mol. The van der Waals surface area contributed by atoms with Crippen molar-refractivity contribution in [2.24, 2.45) is 0 Å². The van der Waals surface area contributed by atoms with Crippen molar-refractivity contribution in [3.63, 3.8) is 0 Å². The van der Waals surface area contributed by atoms with Crippen LogP contribution in [0.1, 0.15) is 21.8 Å². The third-order valence-corrected chi connectivity index (χ3v) is 4.47. The van der Waals surface area contributed by atoms with Crippen LogP contribution in [0.3, 0.4) is 0 Å². The van der Waals surface area contributed by atoms with Gasteiger partial charge in [0.25, 0.3) is 5.91 Å². The molecule has 0 bridgehead atoms. The van der Waals surface area contributed by atoms with Crippen molar-refractivity contribution in [2.75, 3.05) is 32.1 Å². The molecule has 1 aliphatic heterocycles. The molecule has 122 valence electrons. The number of hydrogen-bond donors (Lipinski definition) is 0. The molecular formula is C14H18N6O2S. The van der Waals surface area contributed by atoms with Gasteiger partial charge in [0.1, 0.15) is 11.0 Å².